The smallest absolute Gasteiger partial charge is 0.321 e. The van der Waals surface area contributed by atoms with Crippen molar-refractivity contribution in [2.45, 2.75) is 154 Å². The van der Waals surface area contributed by atoms with E-state index in [1.165, 1.54) is 0 Å². The summed E-state index contributed by atoms with van der Waals surface area (Å²) in [4.78, 5) is 47.3. The number of amides is 2. The minimum absolute atomic E-state index is 0.0532. The molecule has 0 aromatic carbocycles. The summed E-state index contributed by atoms with van der Waals surface area (Å²) in [5.41, 5.74) is 0. The first-order valence-electron chi connectivity index (χ1n) is 17.4. The van der Waals surface area contributed by atoms with Gasteiger partial charge in [-0.1, -0.05) is 83.1 Å². The fourth-order valence-corrected chi connectivity index (χ4v) is 4.94. The third-order valence-electron chi connectivity index (χ3n) is 7.56. The molecule has 0 saturated carbocycles. The number of carbonyl (C=O) groups excluding carboxylic acids is 4. The van der Waals surface area contributed by atoms with Crippen molar-refractivity contribution < 1.29 is 38.9 Å². The summed E-state index contributed by atoms with van der Waals surface area (Å²) in [5, 5.41) is 26.2. The molecule has 0 aliphatic carbocycles. The van der Waals surface area contributed by atoms with E-state index < -0.39 is 36.4 Å². The van der Waals surface area contributed by atoms with E-state index in [1.54, 1.807) is 12.2 Å². The van der Waals surface area contributed by atoms with E-state index in [0.717, 1.165) is 77.0 Å². The molecule has 272 valence electrons. The lowest BCUT2D eigenvalue weighted by molar-refractivity contribution is -0.153. The van der Waals surface area contributed by atoms with Crippen LogP contribution in [-0.4, -0.2) is 76.8 Å². The fraction of sp³-hybridized carbons (Fsp3) is 0.771. The van der Waals surface area contributed by atoms with Crippen LogP contribution in [0.25, 0.3) is 0 Å². The van der Waals surface area contributed by atoms with E-state index in [2.05, 4.69) is 24.5 Å². The van der Waals surface area contributed by atoms with Crippen molar-refractivity contribution in [3.8, 4) is 0 Å². The van der Waals surface area contributed by atoms with Crippen molar-refractivity contribution in [3.05, 3.63) is 24.3 Å². The van der Waals surface area contributed by atoms with Crippen LogP contribution >= 0.6 is 23.2 Å². The van der Waals surface area contributed by atoms with Crippen molar-refractivity contribution in [2.75, 3.05) is 18.4 Å². The Hall–Kier alpha value is -2.14. The van der Waals surface area contributed by atoms with Crippen LogP contribution in [0.5, 0.6) is 0 Å². The fourth-order valence-electron chi connectivity index (χ4n) is 4.81. The molecule has 0 aromatic heterocycles. The van der Waals surface area contributed by atoms with Gasteiger partial charge in [0.15, 0.2) is 0 Å². The van der Waals surface area contributed by atoms with E-state index >= 15 is 0 Å². The van der Waals surface area contributed by atoms with Gasteiger partial charge >= 0.3 is 11.9 Å². The number of rotatable bonds is 30. The molecule has 10 nitrogen and oxygen atoms in total. The third kappa shape index (κ3) is 26.5. The molecule has 4 N–H and O–H groups in total. The Morgan fingerprint density at radius 3 is 1.66 bits per heavy atom. The molecule has 47 heavy (non-hydrogen) atoms. The second-order valence-electron chi connectivity index (χ2n) is 11.8. The van der Waals surface area contributed by atoms with E-state index in [1.807, 2.05) is 12.2 Å². The zero-order valence-corrected chi connectivity index (χ0v) is 30.1. The van der Waals surface area contributed by atoms with Crippen LogP contribution < -0.4 is 10.6 Å². The lowest BCUT2D eigenvalue weighted by Gasteiger charge is -2.22. The van der Waals surface area contributed by atoms with E-state index in [-0.39, 0.29) is 43.1 Å². The third-order valence-corrected chi connectivity index (χ3v) is 8.00. The number of carbonyl (C=O) groups is 4. The molecule has 0 aliphatic heterocycles. The Morgan fingerprint density at radius 1 is 0.638 bits per heavy atom. The average molecular weight is 708 g/mol. The van der Waals surface area contributed by atoms with Crippen LogP contribution in [0.4, 0.5) is 0 Å². The number of alkyl halides is 2. The first-order valence-corrected chi connectivity index (χ1v) is 18.5. The molecule has 4 unspecified atom stereocenters. The number of nitrogens with one attached hydrogen (secondary N) is 2. The highest BCUT2D eigenvalue weighted by atomic mass is 35.5. The van der Waals surface area contributed by atoms with Gasteiger partial charge in [-0.05, 0) is 57.8 Å². The maximum Gasteiger partial charge on any atom is 0.321 e. The molecule has 0 rings (SSSR count). The maximum absolute atomic E-state index is 12.1. The van der Waals surface area contributed by atoms with Gasteiger partial charge in [0, 0.05) is 12.8 Å². The molecule has 0 fully saturated rings. The molecule has 0 aliphatic rings. The average Bonchev–Trinajstić information content (AvgIpc) is 3.06. The molecule has 0 radical (unpaired) electrons. The minimum atomic E-state index is -0.880. The van der Waals surface area contributed by atoms with Crippen molar-refractivity contribution in [2.24, 2.45) is 0 Å². The van der Waals surface area contributed by atoms with Crippen LogP contribution in [0.1, 0.15) is 129 Å². The Morgan fingerprint density at radius 2 is 1.13 bits per heavy atom. The lowest BCUT2D eigenvalue weighted by Crippen LogP contribution is -2.36. The van der Waals surface area contributed by atoms with Crippen LogP contribution in [0.3, 0.4) is 0 Å². The molecule has 0 heterocycles. The first kappa shape index (κ1) is 44.9. The monoisotopic (exact) mass is 706 g/mol. The minimum Gasteiger partial charge on any atom is -0.459 e. The van der Waals surface area contributed by atoms with Gasteiger partial charge in [0.1, 0.15) is 24.0 Å². The largest absolute Gasteiger partial charge is 0.459 e. The van der Waals surface area contributed by atoms with Gasteiger partial charge in [0.25, 0.3) is 0 Å². The number of aliphatic hydroxyl groups is 2. The second kappa shape index (κ2) is 31.1. The number of esters is 2. The lowest BCUT2D eigenvalue weighted by atomic mass is 10.0. The Balaban J connectivity index is 4.01. The summed E-state index contributed by atoms with van der Waals surface area (Å²) >= 11 is 11.1. The SMILES string of the molecule is CCCCCC(OC(=O)CCl)C(O)C/C=C/CCCCCCCC(=O)NCNC(=O)C/C=C/CC(O)C(CCCCC)OC(=O)CCl. The van der Waals surface area contributed by atoms with E-state index in [0.29, 0.717) is 25.7 Å². The van der Waals surface area contributed by atoms with Crippen LogP contribution in [0, 0.1) is 0 Å². The van der Waals surface area contributed by atoms with Crippen LogP contribution in [-0.2, 0) is 28.7 Å². The zero-order valence-electron chi connectivity index (χ0n) is 28.6. The molecule has 4 atom stereocenters. The molecule has 0 aromatic rings. The molecular formula is C35H60Cl2N2O8. The van der Waals surface area contributed by atoms with Crippen molar-refractivity contribution in [3.63, 3.8) is 0 Å². The Bertz CT molecular complexity index is 903. The second-order valence-corrected chi connectivity index (χ2v) is 12.3. The number of hydrogen-bond donors (Lipinski definition) is 4. The molecule has 12 heteroatoms. The molecule has 0 saturated heterocycles. The topological polar surface area (TPSA) is 151 Å². The predicted molar refractivity (Wildman–Crippen MR) is 187 cm³/mol. The van der Waals surface area contributed by atoms with Crippen molar-refractivity contribution >= 4 is 47.0 Å². The van der Waals surface area contributed by atoms with E-state index in [4.69, 9.17) is 32.7 Å². The van der Waals surface area contributed by atoms with Gasteiger partial charge in [-0.25, -0.2) is 0 Å². The van der Waals surface area contributed by atoms with Gasteiger partial charge in [-0.2, -0.15) is 0 Å². The number of ether oxygens (including phenoxy) is 2. The summed E-state index contributed by atoms with van der Waals surface area (Å²) < 4.78 is 10.6. The van der Waals surface area contributed by atoms with Crippen molar-refractivity contribution in [1.29, 1.82) is 0 Å². The summed E-state index contributed by atoms with van der Waals surface area (Å²) in [6.07, 6.45) is 18.3. The van der Waals surface area contributed by atoms with Crippen LogP contribution in [0.2, 0.25) is 0 Å². The molecule has 0 bridgehead atoms. The van der Waals surface area contributed by atoms with Gasteiger partial charge < -0.3 is 30.3 Å². The number of allylic oxidation sites excluding steroid dienone is 1. The highest BCUT2D eigenvalue weighted by Crippen LogP contribution is 2.16. The standard InChI is InChI=1S/C35H60Cl2N2O8/c1-3-5-13-21-30(46-34(44)25-36)28(40)19-15-11-9-7-8-10-12-16-23-32(42)38-27-39-33(43)24-18-17-20-29(41)31(22-14-6-4-2)47-35(45)26-37/h11,15,17-18,28-31,40-41H,3-10,12-14,16,19-27H2,1-2H3,(H,38,42)(H,39,43)/b15-11+,18-17+. The summed E-state index contributed by atoms with van der Waals surface area (Å²) in [5.74, 6) is -1.93. The summed E-state index contributed by atoms with van der Waals surface area (Å²) in [7, 11) is 0. The normalized spacial score (nSPS) is 14.1. The highest BCUT2D eigenvalue weighted by molar-refractivity contribution is 6.26. The first-order chi connectivity index (χ1) is 22.7. The summed E-state index contributed by atoms with van der Waals surface area (Å²) in [6.45, 7) is 4.21. The molecular weight excluding hydrogens is 647 g/mol. The highest BCUT2D eigenvalue weighted by Gasteiger charge is 2.23. The van der Waals surface area contributed by atoms with Gasteiger partial charge in [-0.3, -0.25) is 19.2 Å². The van der Waals surface area contributed by atoms with Gasteiger partial charge in [0.05, 0.1) is 18.9 Å². The van der Waals surface area contributed by atoms with Crippen molar-refractivity contribution in [1.82, 2.24) is 10.6 Å². The maximum atomic E-state index is 12.1. The molecule has 2 amide bonds. The number of hydrogen-bond acceptors (Lipinski definition) is 8. The quantitative estimate of drug-likeness (QED) is 0.0221. The summed E-state index contributed by atoms with van der Waals surface area (Å²) in [6, 6.07) is 0. The zero-order chi connectivity index (χ0) is 35.1. The number of unbranched alkanes of at least 4 members (excludes halogenated alkanes) is 9. The van der Waals surface area contributed by atoms with Crippen LogP contribution in [0.15, 0.2) is 24.3 Å². The Kier molecular flexibility index (Phi) is 29.7. The predicted octanol–water partition coefficient (Wildman–Crippen LogP) is 6.37. The molecule has 0 spiro atoms. The van der Waals surface area contributed by atoms with E-state index in [9.17, 15) is 29.4 Å². The number of aliphatic hydroxyl groups excluding tert-OH is 2. The van der Waals surface area contributed by atoms with Gasteiger partial charge in [-0.15, -0.1) is 23.2 Å². The Labute approximate surface area is 292 Å². The number of halogens is 2. The van der Waals surface area contributed by atoms with Gasteiger partial charge in [0.2, 0.25) is 11.8 Å².